The highest BCUT2D eigenvalue weighted by atomic mass is 79.9. The van der Waals surface area contributed by atoms with Crippen LogP contribution >= 0.6 is 28.3 Å². The topological polar surface area (TPSA) is 3.24 Å². The number of nitrogens with zero attached hydrogens (tertiary/aromatic N) is 1. The molecular weight excluding hydrogens is 261 g/mol. The summed E-state index contributed by atoms with van der Waals surface area (Å²) in [6.07, 6.45) is 0. The van der Waals surface area contributed by atoms with Gasteiger partial charge in [-0.2, -0.15) is 0 Å². The minimum atomic E-state index is 0. The first-order valence-electron chi connectivity index (χ1n) is 4.73. The third-order valence-electron chi connectivity index (χ3n) is 2.25. The molecule has 80 valence electrons. The van der Waals surface area contributed by atoms with Crippen LogP contribution in [0.2, 0.25) is 0 Å². The van der Waals surface area contributed by atoms with E-state index < -0.39 is 0 Å². The van der Waals surface area contributed by atoms with Crippen LogP contribution in [-0.4, -0.2) is 18.0 Å². The summed E-state index contributed by atoms with van der Waals surface area (Å²) in [4.78, 5) is 2.40. The standard InChI is InChI=1S/C11H16BrN.ClH/c1-3-13(4-2)9-10-7-5-6-8-11(10)12;/h5-8H,3-4,9H2,1-2H3;1H. The van der Waals surface area contributed by atoms with Crippen LogP contribution < -0.4 is 0 Å². The Morgan fingerprint density at radius 1 is 1.14 bits per heavy atom. The molecule has 0 radical (unpaired) electrons. The second-order valence-corrected chi connectivity index (χ2v) is 3.91. The van der Waals surface area contributed by atoms with E-state index in [-0.39, 0.29) is 12.4 Å². The Kier molecular flexibility index (Phi) is 7.24. The number of rotatable bonds is 4. The zero-order chi connectivity index (χ0) is 9.68. The average molecular weight is 279 g/mol. The zero-order valence-electron chi connectivity index (χ0n) is 8.66. The molecule has 0 saturated carbocycles. The Hall–Kier alpha value is -0.0500. The molecule has 1 nitrogen and oxygen atoms in total. The summed E-state index contributed by atoms with van der Waals surface area (Å²) in [5, 5.41) is 0. The second kappa shape index (κ2) is 7.27. The summed E-state index contributed by atoms with van der Waals surface area (Å²) in [5.74, 6) is 0. The highest BCUT2D eigenvalue weighted by Crippen LogP contribution is 2.17. The van der Waals surface area contributed by atoms with Gasteiger partial charge >= 0.3 is 0 Å². The quantitative estimate of drug-likeness (QED) is 0.811. The van der Waals surface area contributed by atoms with Crippen LogP contribution in [0.1, 0.15) is 19.4 Å². The smallest absolute Gasteiger partial charge is 0.0244 e. The average Bonchev–Trinajstić information content (AvgIpc) is 2.17. The predicted octanol–water partition coefficient (Wildman–Crippen LogP) is 3.71. The molecule has 1 aromatic rings. The maximum absolute atomic E-state index is 3.56. The molecule has 0 aliphatic heterocycles. The zero-order valence-corrected chi connectivity index (χ0v) is 11.1. The monoisotopic (exact) mass is 277 g/mol. The lowest BCUT2D eigenvalue weighted by molar-refractivity contribution is 0.295. The first kappa shape index (κ1) is 13.9. The number of halogens is 2. The molecule has 0 bridgehead atoms. The van der Waals surface area contributed by atoms with Crippen LogP contribution in [0, 0.1) is 0 Å². The van der Waals surface area contributed by atoms with E-state index in [9.17, 15) is 0 Å². The summed E-state index contributed by atoms with van der Waals surface area (Å²) in [5.41, 5.74) is 1.37. The largest absolute Gasteiger partial charge is 0.300 e. The molecule has 0 aliphatic rings. The fourth-order valence-corrected chi connectivity index (χ4v) is 1.72. The van der Waals surface area contributed by atoms with E-state index in [0.29, 0.717) is 0 Å². The lowest BCUT2D eigenvalue weighted by atomic mass is 10.2. The Morgan fingerprint density at radius 2 is 1.71 bits per heavy atom. The van der Waals surface area contributed by atoms with E-state index in [1.807, 2.05) is 0 Å². The lowest BCUT2D eigenvalue weighted by Crippen LogP contribution is -2.22. The van der Waals surface area contributed by atoms with Gasteiger partial charge in [-0.25, -0.2) is 0 Å². The molecule has 0 unspecified atom stereocenters. The van der Waals surface area contributed by atoms with Crippen molar-refractivity contribution in [3.05, 3.63) is 34.3 Å². The molecule has 0 N–H and O–H groups in total. The Labute approximate surface area is 101 Å². The van der Waals surface area contributed by atoms with Crippen molar-refractivity contribution in [3.8, 4) is 0 Å². The number of benzene rings is 1. The highest BCUT2D eigenvalue weighted by Gasteiger charge is 2.03. The summed E-state index contributed by atoms with van der Waals surface area (Å²) in [6, 6.07) is 8.40. The van der Waals surface area contributed by atoms with Crippen LogP contribution in [-0.2, 0) is 6.54 Å². The lowest BCUT2D eigenvalue weighted by Gasteiger charge is -2.18. The van der Waals surface area contributed by atoms with Crippen LogP contribution in [0.15, 0.2) is 28.7 Å². The Balaban J connectivity index is 0.00000169. The van der Waals surface area contributed by atoms with Gasteiger partial charge in [0.15, 0.2) is 0 Å². The van der Waals surface area contributed by atoms with E-state index in [0.717, 1.165) is 19.6 Å². The molecule has 0 spiro atoms. The number of hydrogen-bond acceptors (Lipinski definition) is 1. The van der Waals surface area contributed by atoms with Crippen LogP contribution in [0.4, 0.5) is 0 Å². The van der Waals surface area contributed by atoms with E-state index in [1.54, 1.807) is 0 Å². The van der Waals surface area contributed by atoms with Gasteiger partial charge in [-0.1, -0.05) is 48.0 Å². The van der Waals surface area contributed by atoms with Gasteiger partial charge in [-0.15, -0.1) is 12.4 Å². The van der Waals surface area contributed by atoms with Gasteiger partial charge in [0.25, 0.3) is 0 Å². The predicted molar refractivity (Wildman–Crippen MR) is 68.0 cm³/mol. The maximum Gasteiger partial charge on any atom is 0.0244 e. The molecule has 0 aliphatic carbocycles. The summed E-state index contributed by atoms with van der Waals surface area (Å²) >= 11 is 3.56. The fourth-order valence-electron chi connectivity index (χ4n) is 1.31. The molecular formula is C11H17BrClN. The Bertz CT molecular complexity index is 261. The van der Waals surface area contributed by atoms with Gasteiger partial charge in [-0.3, -0.25) is 4.90 Å². The molecule has 0 amide bonds. The molecule has 0 aromatic heterocycles. The van der Waals surface area contributed by atoms with E-state index in [4.69, 9.17) is 0 Å². The van der Waals surface area contributed by atoms with Crippen molar-refractivity contribution >= 4 is 28.3 Å². The first-order chi connectivity index (χ1) is 6.27. The van der Waals surface area contributed by atoms with Crippen molar-refractivity contribution in [1.29, 1.82) is 0 Å². The van der Waals surface area contributed by atoms with Crippen molar-refractivity contribution in [1.82, 2.24) is 4.90 Å². The molecule has 14 heavy (non-hydrogen) atoms. The Morgan fingerprint density at radius 3 is 2.21 bits per heavy atom. The molecule has 1 aromatic carbocycles. The fraction of sp³-hybridized carbons (Fsp3) is 0.455. The maximum atomic E-state index is 3.56. The minimum absolute atomic E-state index is 0. The summed E-state index contributed by atoms with van der Waals surface area (Å²) in [6.45, 7) is 7.64. The van der Waals surface area contributed by atoms with Crippen LogP contribution in [0.25, 0.3) is 0 Å². The highest BCUT2D eigenvalue weighted by molar-refractivity contribution is 9.10. The van der Waals surface area contributed by atoms with E-state index >= 15 is 0 Å². The molecule has 1 rings (SSSR count). The van der Waals surface area contributed by atoms with Gasteiger partial charge in [-0.05, 0) is 24.7 Å². The minimum Gasteiger partial charge on any atom is -0.300 e. The van der Waals surface area contributed by atoms with E-state index in [1.165, 1.54) is 10.0 Å². The van der Waals surface area contributed by atoms with Crippen molar-refractivity contribution in [2.24, 2.45) is 0 Å². The number of hydrogen-bond donors (Lipinski definition) is 0. The van der Waals surface area contributed by atoms with Crippen molar-refractivity contribution < 1.29 is 0 Å². The normalized spacial score (nSPS) is 10.0. The summed E-state index contributed by atoms with van der Waals surface area (Å²) < 4.78 is 1.21. The molecule has 0 saturated heterocycles. The van der Waals surface area contributed by atoms with Gasteiger partial charge in [0.2, 0.25) is 0 Å². The van der Waals surface area contributed by atoms with Crippen molar-refractivity contribution in [2.45, 2.75) is 20.4 Å². The summed E-state index contributed by atoms with van der Waals surface area (Å²) in [7, 11) is 0. The van der Waals surface area contributed by atoms with E-state index in [2.05, 4.69) is 58.9 Å². The third-order valence-corrected chi connectivity index (χ3v) is 3.02. The van der Waals surface area contributed by atoms with Crippen LogP contribution in [0.5, 0.6) is 0 Å². The van der Waals surface area contributed by atoms with Gasteiger partial charge in [0.1, 0.15) is 0 Å². The van der Waals surface area contributed by atoms with Gasteiger partial charge < -0.3 is 0 Å². The SMILES string of the molecule is CCN(CC)Cc1ccccc1Br.Cl. The van der Waals surface area contributed by atoms with Gasteiger partial charge in [0.05, 0.1) is 0 Å². The van der Waals surface area contributed by atoms with Gasteiger partial charge in [0, 0.05) is 11.0 Å². The molecule has 0 fully saturated rings. The second-order valence-electron chi connectivity index (χ2n) is 3.05. The van der Waals surface area contributed by atoms with Crippen LogP contribution in [0.3, 0.4) is 0 Å². The molecule has 0 heterocycles. The van der Waals surface area contributed by atoms with Crippen molar-refractivity contribution in [3.63, 3.8) is 0 Å². The molecule has 0 atom stereocenters. The third kappa shape index (κ3) is 3.99. The first-order valence-corrected chi connectivity index (χ1v) is 5.53. The molecule has 3 heteroatoms. The van der Waals surface area contributed by atoms with Crippen molar-refractivity contribution in [2.75, 3.05) is 13.1 Å².